The first-order valence-corrected chi connectivity index (χ1v) is 10.4. The first-order valence-electron chi connectivity index (χ1n) is 9.47. The molecule has 3 rings (SSSR count). The van der Waals surface area contributed by atoms with Crippen molar-refractivity contribution in [3.05, 3.63) is 82.0 Å². The number of hydrogen-bond acceptors (Lipinski definition) is 4. The zero-order valence-corrected chi connectivity index (χ0v) is 17.0. The Kier molecular flexibility index (Phi) is 7.09. The highest BCUT2D eigenvalue weighted by molar-refractivity contribution is 7.10. The van der Waals surface area contributed by atoms with E-state index in [1.54, 1.807) is 17.4 Å². The van der Waals surface area contributed by atoms with Crippen LogP contribution in [0.5, 0.6) is 11.5 Å². The van der Waals surface area contributed by atoms with Crippen molar-refractivity contribution in [2.75, 3.05) is 13.2 Å². The highest BCUT2D eigenvalue weighted by Gasteiger charge is 2.18. The van der Waals surface area contributed by atoms with Crippen molar-refractivity contribution >= 4 is 17.2 Å². The van der Waals surface area contributed by atoms with Crippen molar-refractivity contribution in [2.45, 2.75) is 26.3 Å². The number of ether oxygens (including phenoxy) is 2. The summed E-state index contributed by atoms with van der Waals surface area (Å²) in [5.41, 5.74) is 2.33. The molecule has 1 amide bonds. The monoisotopic (exact) mass is 395 g/mol. The molecule has 1 N–H and O–H groups in total. The van der Waals surface area contributed by atoms with Crippen LogP contribution in [0.15, 0.2) is 66.0 Å². The van der Waals surface area contributed by atoms with E-state index in [0.29, 0.717) is 18.1 Å². The Morgan fingerprint density at radius 1 is 0.964 bits per heavy atom. The highest BCUT2D eigenvalue weighted by atomic mass is 32.1. The minimum absolute atomic E-state index is 0.0704. The van der Waals surface area contributed by atoms with Crippen LogP contribution in [0.2, 0.25) is 0 Å². The second-order valence-electron chi connectivity index (χ2n) is 6.28. The quantitative estimate of drug-likeness (QED) is 0.555. The SMILES string of the molecule is CCOc1ccccc1OCC(=O)N[C@@H](c1ccc(CC)cc1)c1cccs1. The fourth-order valence-corrected chi connectivity index (χ4v) is 3.71. The summed E-state index contributed by atoms with van der Waals surface area (Å²) < 4.78 is 11.3. The van der Waals surface area contributed by atoms with Crippen molar-refractivity contribution in [1.29, 1.82) is 0 Å². The van der Waals surface area contributed by atoms with Gasteiger partial charge in [0.15, 0.2) is 18.1 Å². The molecule has 1 atom stereocenters. The fourth-order valence-electron chi connectivity index (χ4n) is 2.91. The lowest BCUT2D eigenvalue weighted by atomic mass is 10.0. The van der Waals surface area contributed by atoms with E-state index in [9.17, 15) is 4.79 Å². The van der Waals surface area contributed by atoms with Crippen LogP contribution in [0.3, 0.4) is 0 Å². The number of thiophene rings is 1. The topological polar surface area (TPSA) is 47.6 Å². The lowest BCUT2D eigenvalue weighted by Gasteiger charge is -2.19. The summed E-state index contributed by atoms with van der Waals surface area (Å²) in [7, 11) is 0. The number of nitrogens with one attached hydrogen (secondary N) is 1. The molecule has 2 aromatic carbocycles. The average molecular weight is 396 g/mol. The molecule has 1 heterocycles. The molecule has 1 aromatic heterocycles. The van der Waals surface area contributed by atoms with Crippen LogP contribution in [0.4, 0.5) is 0 Å². The van der Waals surface area contributed by atoms with E-state index in [0.717, 1.165) is 16.9 Å². The minimum atomic E-state index is -0.191. The number of rotatable bonds is 9. The van der Waals surface area contributed by atoms with Crippen LogP contribution in [-0.2, 0) is 11.2 Å². The van der Waals surface area contributed by atoms with Crippen molar-refractivity contribution in [2.24, 2.45) is 0 Å². The normalized spacial score (nSPS) is 11.6. The smallest absolute Gasteiger partial charge is 0.258 e. The molecular formula is C23H25NO3S. The summed E-state index contributed by atoms with van der Waals surface area (Å²) in [5, 5.41) is 5.12. The number of carbonyl (C=O) groups is 1. The predicted octanol–water partition coefficient (Wildman–Crippen LogP) is 4.99. The van der Waals surface area contributed by atoms with Gasteiger partial charge in [-0.1, -0.05) is 49.4 Å². The van der Waals surface area contributed by atoms with Gasteiger partial charge in [-0.05, 0) is 48.1 Å². The lowest BCUT2D eigenvalue weighted by molar-refractivity contribution is -0.123. The Morgan fingerprint density at radius 3 is 2.29 bits per heavy atom. The van der Waals surface area contributed by atoms with Crippen LogP contribution in [0, 0.1) is 0 Å². The van der Waals surface area contributed by atoms with Gasteiger partial charge >= 0.3 is 0 Å². The van der Waals surface area contributed by atoms with Gasteiger partial charge in [-0.25, -0.2) is 0 Å². The van der Waals surface area contributed by atoms with Crippen molar-refractivity contribution in [1.82, 2.24) is 5.32 Å². The molecule has 0 fully saturated rings. The number of amides is 1. The number of para-hydroxylation sites is 2. The molecule has 0 aliphatic carbocycles. The molecule has 3 aromatic rings. The van der Waals surface area contributed by atoms with Crippen molar-refractivity contribution < 1.29 is 14.3 Å². The molecule has 0 aliphatic rings. The van der Waals surface area contributed by atoms with E-state index >= 15 is 0 Å². The van der Waals surface area contributed by atoms with E-state index in [1.165, 1.54) is 5.56 Å². The van der Waals surface area contributed by atoms with E-state index in [2.05, 4.69) is 36.5 Å². The van der Waals surface area contributed by atoms with Crippen molar-refractivity contribution in [3.8, 4) is 11.5 Å². The summed E-state index contributed by atoms with van der Waals surface area (Å²) in [5.74, 6) is 1.03. The second-order valence-corrected chi connectivity index (χ2v) is 7.26. The number of hydrogen-bond donors (Lipinski definition) is 1. The maximum Gasteiger partial charge on any atom is 0.258 e. The van der Waals surface area contributed by atoms with Gasteiger partial charge in [0.2, 0.25) is 0 Å². The fraction of sp³-hybridized carbons (Fsp3) is 0.261. The van der Waals surface area contributed by atoms with Gasteiger partial charge in [0.25, 0.3) is 5.91 Å². The third kappa shape index (κ3) is 5.14. The Labute approximate surface area is 170 Å². The largest absolute Gasteiger partial charge is 0.490 e. The van der Waals surface area contributed by atoms with E-state index < -0.39 is 0 Å². The molecule has 0 radical (unpaired) electrons. The second kappa shape index (κ2) is 9.95. The van der Waals surface area contributed by atoms with Crippen LogP contribution in [0.1, 0.15) is 35.9 Å². The zero-order valence-electron chi connectivity index (χ0n) is 16.2. The molecule has 0 unspecified atom stereocenters. The molecular weight excluding hydrogens is 370 g/mol. The highest BCUT2D eigenvalue weighted by Crippen LogP contribution is 2.28. The van der Waals surface area contributed by atoms with Gasteiger partial charge in [0.05, 0.1) is 12.6 Å². The first kappa shape index (κ1) is 20.0. The third-order valence-corrected chi connectivity index (χ3v) is 5.30. The molecule has 28 heavy (non-hydrogen) atoms. The van der Waals surface area contributed by atoms with Gasteiger partial charge in [-0.2, -0.15) is 0 Å². The summed E-state index contributed by atoms with van der Waals surface area (Å²) in [6.45, 7) is 4.52. The summed E-state index contributed by atoms with van der Waals surface area (Å²) in [6, 6.07) is 19.6. The van der Waals surface area contributed by atoms with Crippen LogP contribution >= 0.6 is 11.3 Å². The number of carbonyl (C=O) groups excluding carboxylic acids is 1. The van der Waals surface area contributed by atoms with Gasteiger partial charge in [0.1, 0.15) is 0 Å². The van der Waals surface area contributed by atoms with E-state index in [1.807, 2.05) is 42.6 Å². The Bertz CT molecular complexity index is 875. The minimum Gasteiger partial charge on any atom is -0.490 e. The molecule has 0 aliphatic heterocycles. The molecule has 5 heteroatoms. The first-order chi connectivity index (χ1) is 13.7. The van der Waals surface area contributed by atoms with Crippen molar-refractivity contribution in [3.63, 3.8) is 0 Å². The summed E-state index contributed by atoms with van der Waals surface area (Å²) >= 11 is 1.63. The maximum atomic E-state index is 12.6. The lowest BCUT2D eigenvalue weighted by Crippen LogP contribution is -2.33. The molecule has 4 nitrogen and oxygen atoms in total. The zero-order chi connectivity index (χ0) is 19.8. The molecule has 0 bridgehead atoms. The van der Waals surface area contributed by atoms with Crippen LogP contribution in [-0.4, -0.2) is 19.1 Å². The predicted molar refractivity (Wildman–Crippen MR) is 113 cm³/mol. The number of benzene rings is 2. The Balaban J connectivity index is 1.70. The Morgan fingerprint density at radius 2 is 1.68 bits per heavy atom. The van der Waals surface area contributed by atoms with Gasteiger partial charge in [-0.15, -0.1) is 11.3 Å². The van der Waals surface area contributed by atoms with Gasteiger partial charge < -0.3 is 14.8 Å². The Hall–Kier alpha value is -2.79. The third-order valence-electron chi connectivity index (χ3n) is 4.36. The molecule has 0 spiro atoms. The molecule has 146 valence electrons. The van der Waals surface area contributed by atoms with Crippen LogP contribution in [0.25, 0.3) is 0 Å². The summed E-state index contributed by atoms with van der Waals surface area (Å²) in [6.07, 6.45) is 0.989. The van der Waals surface area contributed by atoms with Gasteiger partial charge in [0, 0.05) is 4.88 Å². The molecule has 0 saturated carbocycles. The standard InChI is InChI=1S/C23H25NO3S/c1-3-17-11-13-18(14-12-17)23(21-10-7-15-28-21)24-22(25)16-27-20-9-6-5-8-19(20)26-4-2/h5-15,23H,3-4,16H2,1-2H3,(H,24,25)/t23-/m0/s1. The van der Waals surface area contributed by atoms with E-state index in [-0.39, 0.29) is 18.6 Å². The molecule has 0 saturated heterocycles. The number of aryl methyl sites for hydroxylation is 1. The summed E-state index contributed by atoms with van der Waals surface area (Å²) in [4.78, 5) is 13.7. The van der Waals surface area contributed by atoms with E-state index in [4.69, 9.17) is 9.47 Å². The maximum absolute atomic E-state index is 12.6. The van der Waals surface area contributed by atoms with Gasteiger partial charge in [-0.3, -0.25) is 4.79 Å². The van der Waals surface area contributed by atoms with Crippen LogP contribution < -0.4 is 14.8 Å². The average Bonchev–Trinajstić information content (AvgIpc) is 3.26.